The molecule has 4 aromatic rings. The van der Waals surface area contributed by atoms with Crippen molar-refractivity contribution in [1.82, 2.24) is 14.9 Å². The summed E-state index contributed by atoms with van der Waals surface area (Å²) in [6, 6.07) is 23.2. The van der Waals surface area contributed by atoms with Crippen LogP contribution in [0.3, 0.4) is 0 Å². The minimum Gasteiger partial charge on any atom is -0.486 e. The van der Waals surface area contributed by atoms with Crippen molar-refractivity contribution in [2.24, 2.45) is 5.92 Å². The number of ether oxygens (including phenoxy) is 1. The van der Waals surface area contributed by atoms with Crippen LogP contribution in [0.1, 0.15) is 48.3 Å². The van der Waals surface area contributed by atoms with Crippen molar-refractivity contribution in [2.75, 3.05) is 6.54 Å². The van der Waals surface area contributed by atoms with E-state index in [0.717, 1.165) is 49.4 Å². The van der Waals surface area contributed by atoms with E-state index in [2.05, 4.69) is 66.2 Å². The van der Waals surface area contributed by atoms with Crippen LogP contribution in [0.4, 0.5) is 0 Å². The van der Waals surface area contributed by atoms with E-state index in [4.69, 9.17) is 21.3 Å². The zero-order chi connectivity index (χ0) is 23.5. The Bertz CT molecular complexity index is 1260. The Hall–Kier alpha value is -2.82. The number of aryl methyl sites for hydroxylation is 2. The van der Waals surface area contributed by atoms with E-state index in [9.17, 15) is 0 Å². The van der Waals surface area contributed by atoms with Crippen molar-refractivity contribution in [1.29, 1.82) is 0 Å². The zero-order valence-electron chi connectivity index (χ0n) is 19.9. The summed E-state index contributed by atoms with van der Waals surface area (Å²) in [5.74, 6) is 2.35. The Balaban J connectivity index is 1.31. The molecule has 1 aliphatic rings. The number of benzene rings is 3. The van der Waals surface area contributed by atoms with Crippen LogP contribution < -0.4 is 10.1 Å². The molecule has 0 aliphatic carbocycles. The molecule has 1 aromatic heterocycles. The van der Waals surface area contributed by atoms with Gasteiger partial charge in [0.05, 0.1) is 11.0 Å². The molecule has 34 heavy (non-hydrogen) atoms. The third-order valence-electron chi connectivity index (χ3n) is 6.94. The highest BCUT2D eigenvalue weighted by atomic mass is 35.5. The molecule has 1 N–H and O–H groups in total. The molecule has 5 rings (SSSR count). The van der Waals surface area contributed by atoms with Crippen LogP contribution in [-0.2, 0) is 19.6 Å². The largest absolute Gasteiger partial charge is 0.486 e. The Morgan fingerprint density at radius 3 is 2.76 bits per heavy atom. The molecule has 4 nitrogen and oxygen atoms in total. The minimum absolute atomic E-state index is 0.432. The monoisotopic (exact) mass is 473 g/mol. The first kappa shape index (κ1) is 22.9. The summed E-state index contributed by atoms with van der Waals surface area (Å²) in [6.45, 7) is 6.91. The average Bonchev–Trinajstić information content (AvgIpc) is 3.21. The fourth-order valence-electron chi connectivity index (χ4n) is 5.05. The normalized spacial score (nSPS) is 16.4. The van der Waals surface area contributed by atoms with Crippen LogP contribution >= 0.6 is 11.6 Å². The number of imidazole rings is 1. The van der Waals surface area contributed by atoms with Gasteiger partial charge in [-0.3, -0.25) is 0 Å². The number of nitrogens with zero attached hydrogens (tertiary/aromatic N) is 2. The van der Waals surface area contributed by atoms with E-state index in [1.807, 2.05) is 24.3 Å². The second-order valence-corrected chi connectivity index (χ2v) is 9.89. The molecule has 0 saturated carbocycles. The highest BCUT2D eigenvalue weighted by molar-refractivity contribution is 6.30. The maximum Gasteiger partial charge on any atom is 0.148 e. The second-order valence-electron chi connectivity index (χ2n) is 9.45. The third kappa shape index (κ3) is 4.98. The second kappa shape index (κ2) is 10.2. The summed E-state index contributed by atoms with van der Waals surface area (Å²) >= 11 is 6.02. The van der Waals surface area contributed by atoms with Gasteiger partial charge in [0.15, 0.2) is 0 Å². The summed E-state index contributed by atoms with van der Waals surface area (Å²) in [6.07, 6.45) is 3.35. The minimum atomic E-state index is 0.432. The van der Waals surface area contributed by atoms with Gasteiger partial charge >= 0.3 is 0 Å². The van der Waals surface area contributed by atoms with E-state index in [-0.39, 0.29) is 0 Å². The quantitative estimate of drug-likeness (QED) is 0.303. The lowest BCUT2D eigenvalue weighted by atomic mass is 9.88. The van der Waals surface area contributed by atoms with Crippen molar-refractivity contribution in [3.05, 3.63) is 94.3 Å². The first-order valence-corrected chi connectivity index (χ1v) is 12.6. The SMILES string of the molecule is Cc1cccc2c1nc(COc1ccc(Cl)cc1)n2CCC(C)CC1NCCc2ccccc21. The van der Waals surface area contributed by atoms with Crippen molar-refractivity contribution in [3.8, 4) is 5.75 Å². The van der Waals surface area contributed by atoms with Crippen molar-refractivity contribution < 1.29 is 4.74 Å². The molecule has 1 aliphatic heterocycles. The van der Waals surface area contributed by atoms with Crippen molar-refractivity contribution in [2.45, 2.75) is 52.3 Å². The predicted octanol–water partition coefficient (Wildman–Crippen LogP) is 6.88. The molecular weight excluding hydrogens is 442 g/mol. The number of fused-ring (bicyclic) bond motifs is 2. The van der Waals surface area contributed by atoms with Crippen LogP contribution in [0.2, 0.25) is 5.02 Å². The van der Waals surface area contributed by atoms with Gasteiger partial charge in [0.1, 0.15) is 18.2 Å². The van der Waals surface area contributed by atoms with E-state index in [0.29, 0.717) is 23.6 Å². The van der Waals surface area contributed by atoms with E-state index >= 15 is 0 Å². The zero-order valence-corrected chi connectivity index (χ0v) is 20.7. The fraction of sp³-hybridized carbons (Fsp3) is 0.345. The molecule has 0 spiro atoms. The average molecular weight is 474 g/mol. The van der Waals surface area contributed by atoms with Crippen LogP contribution in [0.5, 0.6) is 5.75 Å². The molecule has 176 valence electrons. The van der Waals surface area contributed by atoms with Crippen molar-refractivity contribution >= 4 is 22.6 Å². The highest BCUT2D eigenvalue weighted by Gasteiger charge is 2.22. The van der Waals surface area contributed by atoms with Gasteiger partial charge in [-0.2, -0.15) is 0 Å². The van der Waals surface area contributed by atoms with Gasteiger partial charge < -0.3 is 14.6 Å². The Morgan fingerprint density at radius 2 is 1.91 bits per heavy atom. The van der Waals surface area contributed by atoms with Crippen LogP contribution in [-0.4, -0.2) is 16.1 Å². The molecule has 0 fully saturated rings. The number of nitrogens with one attached hydrogen (secondary N) is 1. The van der Waals surface area contributed by atoms with Gasteiger partial charge in [-0.15, -0.1) is 0 Å². The smallest absolute Gasteiger partial charge is 0.148 e. The number of hydrogen-bond donors (Lipinski definition) is 1. The Labute approximate surface area is 206 Å². The molecule has 0 bridgehead atoms. The first-order valence-electron chi connectivity index (χ1n) is 12.2. The van der Waals surface area contributed by atoms with Gasteiger partial charge in [-0.25, -0.2) is 4.98 Å². The standard InChI is InChI=1S/C29H32ClN3O/c1-20(18-26-25-8-4-3-7-22(25)14-16-31-26)15-17-33-27-9-5-6-21(2)29(27)32-28(33)19-34-24-12-10-23(30)11-13-24/h3-13,20,26,31H,14-19H2,1-2H3. The lowest BCUT2D eigenvalue weighted by molar-refractivity contribution is 0.287. The molecule has 5 heteroatoms. The molecule has 3 aromatic carbocycles. The van der Waals surface area contributed by atoms with E-state index in [1.165, 1.54) is 22.2 Å². The predicted molar refractivity (Wildman–Crippen MR) is 140 cm³/mol. The molecule has 0 radical (unpaired) electrons. The summed E-state index contributed by atoms with van der Waals surface area (Å²) in [5.41, 5.74) is 6.41. The molecule has 2 unspecified atom stereocenters. The number of hydrogen-bond acceptors (Lipinski definition) is 3. The summed E-state index contributed by atoms with van der Waals surface area (Å²) in [7, 11) is 0. The Kier molecular flexibility index (Phi) is 6.89. The molecular formula is C29H32ClN3O. The van der Waals surface area contributed by atoms with Crippen LogP contribution in [0.25, 0.3) is 11.0 Å². The van der Waals surface area contributed by atoms with Gasteiger partial charge in [0.2, 0.25) is 0 Å². The fourth-order valence-corrected chi connectivity index (χ4v) is 5.17. The van der Waals surface area contributed by atoms with Gasteiger partial charge in [-0.1, -0.05) is 54.9 Å². The maximum absolute atomic E-state index is 6.07. The van der Waals surface area contributed by atoms with Gasteiger partial charge in [0, 0.05) is 17.6 Å². The van der Waals surface area contributed by atoms with E-state index < -0.39 is 0 Å². The van der Waals surface area contributed by atoms with E-state index in [1.54, 1.807) is 0 Å². The molecule has 2 atom stereocenters. The Morgan fingerprint density at radius 1 is 1.09 bits per heavy atom. The first-order chi connectivity index (χ1) is 16.6. The summed E-state index contributed by atoms with van der Waals surface area (Å²) < 4.78 is 8.42. The number of rotatable bonds is 8. The topological polar surface area (TPSA) is 39.1 Å². The maximum atomic E-state index is 6.07. The summed E-state index contributed by atoms with van der Waals surface area (Å²) in [5, 5.41) is 4.45. The number of para-hydroxylation sites is 1. The number of aromatic nitrogens is 2. The molecule has 0 saturated heterocycles. The number of halogens is 1. The lowest BCUT2D eigenvalue weighted by Crippen LogP contribution is -2.31. The van der Waals surface area contributed by atoms with Crippen LogP contribution in [0.15, 0.2) is 66.7 Å². The van der Waals surface area contributed by atoms with Gasteiger partial charge in [0.25, 0.3) is 0 Å². The van der Waals surface area contributed by atoms with Crippen molar-refractivity contribution in [3.63, 3.8) is 0 Å². The van der Waals surface area contributed by atoms with Crippen LogP contribution in [0, 0.1) is 12.8 Å². The lowest BCUT2D eigenvalue weighted by Gasteiger charge is -2.29. The molecule has 0 amide bonds. The van der Waals surface area contributed by atoms with Gasteiger partial charge in [-0.05, 0) is 85.7 Å². The highest BCUT2D eigenvalue weighted by Crippen LogP contribution is 2.30. The molecule has 2 heterocycles. The third-order valence-corrected chi connectivity index (χ3v) is 7.19. The summed E-state index contributed by atoms with van der Waals surface area (Å²) in [4.78, 5) is 4.97.